The quantitative estimate of drug-likeness (QED) is 0.213. The van der Waals surface area contributed by atoms with Crippen LogP contribution in [0, 0.1) is 0 Å². The molecule has 1 saturated heterocycles. The third kappa shape index (κ3) is 7.39. The summed E-state index contributed by atoms with van der Waals surface area (Å²) in [4.78, 5) is 28.3. The van der Waals surface area contributed by atoms with Gasteiger partial charge in [-0.25, -0.2) is 9.78 Å². The fourth-order valence-electron chi connectivity index (χ4n) is 4.53. The number of hydrogen-bond acceptors (Lipinski definition) is 7. The van der Waals surface area contributed by atoms with Crippen LogP contribution in [0.25, 0.3) is 0 Å². The number of carboxylic acids is 1. The molecule has 5 rings (SSSR count). The average Bonchev–Trinajstić information content (AvgIpc) is 3.03. The smallest absolute Gasteiger partial charge is 0.338 e. The summed E-state index contributed by atoms with van der Waals surface area (Å²) in [5.74, 6) is -0.664. The third-order valence-electron chi connectivity index (χ3n) is 6.76. The Morgan fingerprint density at radius 1 is 0.878 bits per heavy atom. The molecule has 1 aliphatic heterocycles. The summed E-state index contributed by atoms with van der Waals surface area (Å²) < 4.78 is 12.8. The van der Waals surface area contributed by atoms with E-state index in [9.17, 15) is 19.8 Å². The van der Waals surface area contributed by atoms with Gasteiger partial charge in [-0.1, -0.05) is 66.7 Å². The number of aliphatic hydroxyl groups is 1. The summed E-state index contributed by atoms with van der Waals surface area (Å²) in [6.45, 7) is 0.348. The van der Waals surface area contributed by atoms with Crippen LogP contribution in [0.3, 0.4) is 0 Å². The third-order valence-corrected chi connectivity index (χ3v) is 7.90. The van der Waals surface area contributed by atoms with Gasteiger partial charge in [0.05, 0.1) is 24.4 Å². The lowest BCUT2D eigenvalue weighted by molar-refractivity contribution is -0.245. The molecule has 1 aromatic heterocycles. The number of thioether (sulfide) groups is 1. The Morgan fingerprint density at radius 3 is 2.29 bits per heavy atom. The maximum absolute atomic E-state index is 12.4. The molecule has 8 nitrogen and oxygen atoms in total. The van der Waals surface area contributed by atoms with Crippen LogP contribution in [-0.4, -0.2) is 38.9 Å². The molecular formula is C32H30N2O6S. The molecule has 3 aromatic carbocycles. The van der Waals surface area contributed by atoms with E-state index >= 15 is 0 Å². The zero-order chi connectivity index (χ0) is 28.6. The summed E-state index contributed by atoms with van der Waals surface area (Å²) in [7, 11) is 0. The monoisotopic (exact) mass is 570 g/mol. The summed E-state index contributed by atoms with van der Waals surface area (Å²) in [6, 6.07) is 27.6. The van der Waals surface area contributed by atoms with Crippen LogP contribution in [0.5, 0.6) is 0 Å². The van der Waals surface area contributed by atoms with E-state index in [4.69, 9.17) is 9.47 Å². The maximum Gasteiger partial charge on any atom is 0.338 e. The predicted octanol–water partition coefficient (Wildman–Crippen LogP) is 5.54. The number of pyridine rings is 1. The Bertz CT molecular complexity index is 1460. The van der Waals surface area contributed by atoms with E-state index in [0.29, 0.717) is 29.3 Å². The molecule has 9 heteroatoms. The molecule has 41 heavy (non-hydrogen) atoms. The molecule has 0 radical (unpaired) electrons. The van der Waals surface area contributed by atoms with E-state index in [1.807, 2.05) is 66.7 Å². The van der Waals surface area contributed by atoms with Crippen molar-refractivity contribution < 1.29 is 29.3 Å². The summed E-state index contributed by atoms with van der Waals surface area (Å²) in [5.41, 5.74) is 4.32. The van der Waals surface area contributed by atoms with Crippen molar-refractivity contribution in [3.8, 4) is 0 Å². The summed E-state index contributed by atoms with van der Waals surface area (Å²) in [5, 5.41) is 22.3. The van der Waals surface area contributed by atoms with Crippen LogP contribution >= 0.6 is 11.8 Å². The van der Waals surface area contributed by atoms with Crippen LogP contribution in [-0.2, 0) is 22.6 Å². The van der Waals surface area contributed by atoms with Crippen molar-refractivity contribution in [3.05, 3.63) is 131 Å². The Hall–Kier alpha value is -4.02. The Morgan fingerprint density at radius 2 is 1.59 bits per heavy atom. The zero-order valence-electron chi connectivity index (χ0n) is 22.2. The lowest BCUT2D eigenvalue weighted by Gasteiger charge is -2.36. The van der Waals surface area contributed by atoms with Crippen molar-refractivity contribution in [2.45, 2.75) is 43.1 Å². The van der Waals surface area contributed by atoms with Crippen molar-refractivity contribution in [2.24, 2.45) is 0 Å². The molecule has 4 aromatic rings. The van der Waals surface area contributed by atoms with Crippen molar-refractivity contribution in [1.29, 1.82) is 0 Å². The minimum atomic E-state index is -1.02. The first-order valence-electron chi connectivity index (χ1n) is 13.2. The minimum absolute atomic E-state index is 0.0368. The molecular weight excluding hydrogens is 540 g/mol. The minimum Gasteiger partial charge on any atom is -0.478 e. The van der Waals surface area contributed by atoms with Crippen LogP contribution in [0.1, 0.15) is 61.8 Å². The first-order chi connectivity index (χ1) is 20.0. The van der Waals surface area contributed by atoms with Crippen molar-refractivity contribution >= 4 is 23.6 Å². The van der Waals surface area contributed by atoms with Crippen LogP contribution in [0.4, 0.5) is 0 Å². The van der Waals surface area contributed by atoms with Gasteiger partial charge in [0, 0.05) is 36.0 Å². The SMILES string of the molecule is O=C(NCc1ccc([C@@H]2O[C@H](CSc3ncccc3C(=O)O)C[C@H](c3ccc(CO)cc3)O2)cc1)c1ccccc1. The Labute approximate surface area is 242 Å². The highest BCUT2D eigenvalue weighted by molar-refractivity contribution is 7.99. The molecule has 3 atom stereocenters. The number of nitrogens with zero attached hydrogens (tertiary/aromatic N) is 1. The Kier molecular flexibility index (Phi) is 9.43. The summed E-state index contributed by atoms with van der Waals surface area (Å²) in [6.07, 6.45) is 1.00. The van der Waals surface area contributed by atoms with E-state index in [-0.39, 0.29) is 30.3 Å². The van der Waals surface area contributed by atoms with E-state index in [1.54, 1.807) is 30.5 Å². The number of carbonyl (C=O) groups excluding carboxylic acids is 1. The fourth-order valence-corrected chi connectivity index (χ4v) is 5.53. The van der Waals surface area contributed by atoms with E-state index in [0.717, 1.165) is 22.3 Å². The Balaban J connectivity index is 1.29. The van der Waals surface area contributed by atoms with Gasteiger partial charge < -0.3 is 25.0 Å². The van der Waals surface area contributed by atoms with Gasteiger partial charge in [0.15, 0.2) is 6.29 Å². The number of aliphatic hydroxyl groups excluding tert-OH is 1. The second-order valence-corrected chi connectivity index (χ2v) is 10.6. The van der Waals surface area contributed by atoms with Gasteiger partial charge >= 0.3 is 5.97 Å². The number of carbonyl (C=O) groups is 2. The standard InChI is InChI=1S/C32H30N2O6S/c35-19-22-10-12-23(13-11-22)28-17-26(20-41-30-27(31(37)38)7-4-16-33-30)39-32(40-28)25-14-8-21(9-15-25)18-34-29(36)24-5-2-1-3-6-24/h1-16,26,28,32,35H,17-20H2,(H,34,36)(H,37,38)/t26-,28+,32+/m0/s1. The van der Waals surface area contributed by atoms with Crippen LogP contribution in [0.2, 0.25) is 0 Å². The molecule has 2 heterocycles. The molecule has 0 bridgehead atoms. The van der Waals surface area contributed by atoms with Gasteiger partial charge in [-0.3, -0.25) is 4.79 Å². The highest BCUT2D eigenvalue weighted by atomic mass is 32.2. The van der Waals surface area contributed by atoms with Gasteiger partial charge in [0.25, 0.3) is 5.91 Å². The molecule has 1 fully saturated rings. The maximum atomic E-state index is 12.4. The molecule has 210 valence electrons. The molecule has 0 aliphatic carbocycles. The zero-order valence-corrected chi connectivity index (χ0v) is 23.0. The number of benzene rings is 3. The second-order valence-electron chi connectivity index (χ2n) is 9.61. The van der Waals surface area contributed by atoms with E-state index in [1.165, 1.54) is 11.8 Å². The number of hydrogen-bond donors (Lipinski definition) is 3. The molecule has 1 amide bonds. The van der Waals surface area contributed by atoms with Crippen molar-refractivity contribution in [1.82, 2.24) is 10.3 Å². The number of ether oxygens (including phenoxy) is 2. The highest BCUT2D eigenvalue weighted by Gasteiger charge is 2.32. The van der Waals surface area contributed by atoms with Crippen LogP contribution in [0.15, 0.2) is 102 Å². The second kappa shape index (κ2) is 13.6. The van der Waals surface area contributed by atoms with E-state index in [2.05, 4.69) is 10.3 Å². The molecule has 1 aliphatic rings. The molecule has 0 spiro atoms. The largest absolute Gasteiger partial charge is 0.478 e. The van der Waals surface area contributed by atoms with Crippen molar-refractivity contribution in [3.63, 3.8) is 0 Å². The predicted molar refractivity (Wildman–Crippen MR) is 154 cm³/mol. The number of amides is 1. The first kappa shape index (κ1) is 28.5. The summed E-state index contributed by atoms with van der Waals surface area (Å²) >= 11 is 1.35. The number of nitrogens with one attached hydrogen (secondary N) is 1. The molecule has 3 N–H and O–H groups in total. The number of aromatic nitrogens is 1. The lowest BCUT2D eigenvalue weighted by Crippen LogP contribution is -2.31. The number of aromatic carboxylic acids is 1. The van der Waals surface area contributed by atoms with Gasteiger partial charge in [0.1, 0.15) is 5.03 Å². The highest BCUT2D eigenvalue weighted by Crippen LogP contribution is 2.39. The van der Waals surface area contributed by atoms with Gasteiger partial charge in [-0.2, -0.15) is 0 Å². The number of rotatable bonds is 10. The van der Waals surface area contributed by atoms with Gasteiger partial charge in [0.2, 0.25) is 0 Å². The fraction of sp³-hybridized carbons (Fsp3) is 0.219. The lowest BCUT2D eigenvalue weighted by atomic mass is 10.0. The first-order valence-corrected chi connectivity index (χ1v) is 14.2. The van der Waals surface area contributed by atoms with E-state index < -0.39 is 12.3 Å². The van der Waals surface area contributed by atoms with Gasteiger partial charge in [-0.15, -0.1) is 11.8 Å². The number of carboxylic acid groups (broad SMARTS) is 1. The average molecular weight is 571 g/mol. The molecule has 0 unspecified atom stereocenters. The van der Waals surface area contributed by atoms with Crippen molar-refractivity contribution in [2.75, 3.05) is 5.75 Å². The van der Waals surface area contributed by atoms with Gasteiger partial charge in [-0.05, 0) is 41.0 Å². The topological polar surface area (TPSA) is 118 Å². The molecule has 0 saturated carbocycles. The normalized spacial score (nSPS) is 18.5. The van der Waals surface area contributed by atoms with Crippen LogP contribution < -0.4 is 5.32 Å².